The van der Waals surface area contributed by atoms with Gasteiger partial charge in [0.1, 0.15) is 17.1 Å². The second-order valence-electron chi connectivity index (χ2n) is 8.42. The average Bonchev–Trinajstić information content (AvgIpc) is 2.87. The van der Waals surface area contributed by atoms with Crippen molar-refractivity contribution in [2.24, 2.45) is 5.10 Å². The summed E-state index contributed by atoms with van der Waals surface area (Å²) in [5, 5.41) is 12.1. The summed E-state index contributed by atoms with van der Waals surface area (Å²) in [5.41, 5.74) is 1.98. The van der Waals surface area contributed by atoms with Crippen molar-refractivity contribution in [3.63, 3.8) is 0 Å². The van der Waals surface area contributed by atoms with Crippen LogP contribution in [0.1, 0.15) is 13.8 Å². The first kappa shape index (κ1) is 28.3. The molecule has 2 N–H and O–H groups in total. The van der Waals surface area contributed by atoms with Crippen molar-refractivity contribution in [2.45, 2.75) is 24.0 Å². The molecule has 198 valence electrons. The largest absolute Gasteiger partial charge is 0.494 e. The van der Waals surface area contributed by atoms with Crippen LogP contribution in [0.2, 0.25) is 5.02 Å². The fraction of sp³-hybridized carbons (Fsp3) is 0.292. The number of hydrogen-bond donors (Lipinski definition) is 2. The SMILES string of the molecule is COc1cc(N2C=NN(C)CC2)ccc1Nc1ncc(Cl)c(Nc2ccccc2S(=O)(=O)C(C)C)n1.Cl. The van der Waals surface area contributed by atoms with Gasteiger partial charge < -0.3 is 20.3 Å². The van der Waals surface area contributed by atoms with Crippen LogP contribution in [0.4, 0.5) is 28.8 Å². The van der Waals surface area contributed by atoms with E-state index in [1.54, 1.807) is 51.6 Å². The zero-order valence-electron chi connectivity index (χ0n) is 20.8. The van der Waals surface area contributed by atoms with Gasteiger partial charge in [-0.1, -0.05) is 23.7 Å². The van der Waals surface area contributed by atoms with Gasteiger partial charge >= 0.3 is 0 Å². The number of anilines is 5. The minimum atomic E-state index is -3.52. The molecule has 10 nitrogen and oxygen atoms in total. The second-order valence-corrected chi connectivity index (χ2v) is 11.3. The summed E-state index contributed by atoms with van der Waals surface area (Å²) < 4.78 is 31.2. The molecular weight excluding hydrogens is 537 g/mol. The molecule has 0 spiro atoms. The lowest BCUT2D eigenvalue weighted by atomic mass is 10.2. The van der Waals surface area contributed by atoms with Crippen LogP contribution in [0.15, 0.2) is 58.7 Å². The van der Waals surface area contributed by atoms with Crippen molar-refractivity contribution in [2.75, 3.05) is 42.8 Å². The van der Waals surface area contributed by atoms with E-state index in [0.29, 0.717) is 17.1 Å². The smallest absolute Gasteiger partial charge is 0.229 e. The third-order valence-electron chi connectivity index (χ3n) is 5.63. The molecule has 0 atom stereocenters. The Morgan fingerprint density at radius 3 is 2.51 bits per heavy atom. The number of nitrogens with zero attached hydrogens (tertiary/aromatic N) is 5. The first-order chi connectivity index (χ1) is 17.2. The van der Waals surface area contributed by atoms with Gasteiger partial charge in [0, 0.05) is 25.3 Å². The molecule has 0 amide bonds. The van der Waals surface area contributed by atoms with E-state index in [4.69, 9.17) is 16.3 Å². The summed E-state index contributed by atoms with van der Waals surface area (Å²) in [6.45, 7) is 4.90. The van der Waals surface area contributed by atoms with Gasteiger partial charge in [-0.2, -0.15) is 10.1 Å². The standard InChI is InChI=1S/C24H28ClN7O3S.ClH/c1-16(2)36(33,34)22-8-6-5-7-20(22)28-23-18(25)14-26-24(30-23)29-19-10-9-17(13-21(19)35-4)32-12-11-31(3)27-15-32;/h5-10,13-16H,11-12H2,1-4H3,(H2,26,28,29,30);1H. The number of methoxy groups -OCH3 is 1. The monoisotopic (exact) mass is 565 g/mol. The number of aromatic nitrogens is 2. The van der Waals surface area contributed by atoms with Crippen LogP contribution in [0.3, 0.4) is 0 Å². The Balaban J connectivity index is 0.00000380. The number of nitrogens with one attached hydrogen (secondary N) is 2. The number of ether oxygens (including phenoxy) is 1. The minimum absolute atomic E-state index is 0. The maximum Gasteiger partial charge on any atom is 0.229 e. The molecule has 1 aromatic heterocycles. The fourth-order valence-corrected chi connectivity index (χ4v) is 4.85. The van der Waals surface area contributed by atoms with Gasteiger partial charge in [-0.15, -0.1) is 12.4 Å². The number of hydrazone groups is 1. The molecule has 0 radical (unpaired) electrons. The van der Waals surface area contributed by atoms with E-state index in [9.17, 15) is 8.42 Å². The first-order valence-corrected chi connectivity index (χ1v) is 13.2. The summed E-state index contributed by atoms with van der Waals surface area (Å²) in [5.74, 6) is 1.13. The van der Waals surface area contributed by atoms with E-state index >= 15 is 0 Å². The Kier molecular flexibility index (Phi) is 9.06. The highest BCUT2D eigenvalue weighted by Gasteiger charge is 2.23. The molecule has 13 heteroatoms. The van der Waals surface area contributed by atoms with Crippen molar-refractivity contribution in [1.82, 2.24) is 15.0 Å². The molecule has 0 saturated carbocycles. The molecular formula is C24H29Cl2N7O3S. The third kappa shape index (κ3) is 6.35. The number of benzene rings is 2. The average molecular weight is 567 g/mol. The van der Waals surface area contributed by atoms with E-state index in [1.165, 1.54) is 6.20 Å². The molecule has 2 heterocycles. The highest BCUT2D eigenvalue weighted by atomic mass is 35.5. The van der Waals surface area contributed by atoms with E-state index < -0.39 is 15.1 Å². The Labute approximate surface area is 228 Å². The second kappa shape index (κ2) is 11.8. The third-order valence-corrected chi connectivity index (χ3v) is 8.11. The quantitative estimate of drug-likeness (QED) is 0.392. The van der Waals surface area contributed by atoms with Crippen LogP contribution in [0.5, 0.6) is 5.75 Å². The first-order valence-electron chi connectivity index (χ1n) is 11.3. The fourth-order valence-electron chi connectivity index (χ4n) is 3.51. The highest BCUT2D eigenvalue weighted by Crippen LogP contribution is 2.33. The normalized spacial score (nSPS) is 13.4. The van der Waals surface area contributed by atoms with Gasteiger partial charge in [0.15, 0.2) is 15.7 Å². The summed E-state index contributed by atoms with van der Waals surface area (Å²) in [6.07, 6.45) is 3.23. The van der Waals surface area contributed by atoms with Crippen LogP contribution in [0, 0.1) is 0 Å². The Hall–Kier alpha value is -3.28. The van der Waals surface area contributed by atoms with Gasteiger partial charge in [0.25, 0.3) is 0 Å². The highest BCUT2D eigenvalue weighted by molar-refractivity contribution is 7.92. The molecule has 3 aromatic rings. The van der Waals surface area contributed by atoms with E-state index in [1.807, 2.05) is 35.2 Å². The van der Waals surface area contributed by atoms with Crippen molar-refractivity contribution in [3.8, 4) is 5.75 Å². The number of likely N-dealkylation sites (N-methyl/N-ethyl adjacent to an activating group) is 1. The number of sulfone groups is 1. The Morgan fingerprint density at radius 2 is 1.84 bits per heavy atom. The van der Waals surface area contributed by atoms with Crippen molar-refractivity contribution >= 4 is 69.0 Å². The van der Waals surface area contributed by atoms with Gasteiger partial charge in [0.2, 0.25) is 5.95 Å². The molecule has 2 aromatic carbocycles. The summed E-state index contributed by atoms with van der Waals surface area (Å²) >= 11 is 6.34. The lowest BCUT2D eigenvalue weighted by molar-refractivity contribution is 0.353. The van der Waals surface area contributed by atoms with Crippen LogP contribution >= 0.6 is 24.0 Å². The topological polar surface area (TPSA) is 112 Å². The molecule has 0 bridgehead atoms. The van der Waals surface area contributed by atoms with E-state index in [-0.39, 0.29) is 34.1 Å². The van der Waals surface area contributed by atoms with Crippen LogP contribution in [-0.2, 0) is 9.84 Å². The van der Waals surface area contributed by atoms with Gasteiger partial charge in [-0.3, -0.25) is 5.01 Å². The maximum atomic E-state index is 12.8. The van der Waals surface area contributed by atoms with E-state index in [2.05, 4.69) is 25.7 Å². The Bertz CT molecular complexity index is 1390. The lowest BCUT2D eigenvalue weighted by Gasteiger charge is -2.28. The molecule has 4 rings (SSSR count). The zero-order valence-corrected chi connectivity index (χ0v) is 23.2. The summed E-state index contributed by atoms with van der Waals surface area (Å²) in [6, 6.07) is 12.4. The zero-order chi connectivity index (χ0) is 25.9. The maximum absolute atomic E-state index is 12.8. The number of para-hydroxylation sites is 1. The van der Waals surface area contributed by atoms with Crippen molar-refractivity contribution in [1.29, 1.82) is 0 Å². The molecule has 0 unspecified atom stereocenters. The van der Waals surface area contributed by atoms with Crippen molar-refractivity contribution < 1.29 is 13.2 Å². The predicted octanol–water partition coefficient (Wildman–Crippen LogP) is 4.92. The molecule has 1 aliphatic rings. The molecule has 0 saturated heterocycles. The van der Waals surface area contributed by atoms with Crippen LogP contribution in [-0.4, -0.2) is 62.2 Å². The summed E-state index contributed by atoms with van der Waals surface area (Å²) in [7, 11) is -0.00520. The summed E-state index contributed by atoms with van der Waals surface area (Å²) in [4.78, 5) is 11.0. The lowest BCUT2D eigenvalue weighted by Crippen LogP contribution is -2.35. The van der Waals surface area contributed by atoms with Gasteiger partial charge in [0.05, 0.1) is 41.4 Å². The molecule has 37 heavy (non-hydrogen) atoms. The van der Waals surface area contributed by atoms with Crippen LogP contribution < -0.4 is 20.3 Å². The molecule has 1 aliphatic heterocycles. The Morgan fingerprint density at radius 1 is 1.08 bits per heavy atom. The van der Waals surface area contributed by atoms with E-state index in [0.717, 1.165) is 18.8 Å². The number of hydrogen-bond acceptors (Lipinski definition) is 10. The molecule has 0 fully saturated rings. The molecule has 0 aliphatic carbocycles. The minimum Gasteiger partial charge on any atom is -0.494 e. The number of rotatable bonds is 8. The van der Waals surface area contributed by atoms with Gasteiger partial charge in [-0.05, 0) is 38.1 Å². The predicted molar refractivity (Wildman–Crippen MR) is 151 cm³/mol. The van der Waals surface area contributed by atoms with Crippen LogP contribution in [0.25, 0.3) is 0 Å². The number of halogens is 2. The van der Waals surface area contributed by atoms with Crippen molar-refractivity contribution in [3.05, 3.63) is 53.7 Å². The van der Waals surface area contributed by atoms with Gasteiger partial charge in [-0.25, -0.2) is 13.4 Å².